The fourth-order valence-corrected chi connectivity index (χ4v) is 7.24. The number of hydrogen-bond acceptors (Lipinski definition) is 2. The van der Waals surface area contributed by atoms with Crippen molar-refractivity contribution >= 4 is 60.9 Å². The van der Waals surface area contributed by atoms with Crippen molar-refractivity contribution in [2.75, 3.05) is 0 Å². The summed E-state index contributed by atoms with van der Waals surface area (Å²) in [5, 5.41) is 2.43. The Morgan fingerprint density at radius 3 is 2.13 bits per heavy atom. The molecule has 0 aliphatic heterocycles. The SMILES string of the molecule is CC1(C)c2ccccc2-c2c1ccc1c2nc2n1c1cccc3c1n2c1nc2cc4ccccc4cc2n31. The van der Waals surface area contributed by atoms with Crippen LogP contribution in [0.25, 0.3) is 72.1 Å². The van der Waals surface area contributed by atoms with Crippen LogP contribution in [-0.2, 0) is 5.41 Å². The van der Waals surface area contributed by atoms with Crippen LogP contribution in [0.5, 0.6) is 0 Å². The van der Waals surface area contributed by atoms with E-state index in [1.807, 2.05) is 0 Å². The highest BCUT2D eigenvalue weighted by Crippen LogP contribution is 2.51. The van der Waals surface area contributed by atoms with E-state index in [0.29, 0.717) is 0 Å². The highest BCUT2D eigenvalue weighted by Gasteiger charge is 2.37. The van der Waals surface area contributed by atoms with Crippen LogP contribution in [0, 0.1) is 0 Å². The van der Waals surface area contributed by atoms with Crippen LogP contribution in [-0.4, -0.2) is 23.2 Å². The van der Waals surface area contributed by atoms with E-state index >= 15 is 0 Å². The third kappa shape index (κ3) is 1.95. The Labute approximate surface area is 216 Å². The Morgan fingerprint density at radius 2 is 1.29 bits per heavy atom. The topological polar surface area (TPSA) is 39.0 Å². The molecule has 5 heteroatoms. The van der Waals surface area contributed by atoms with Crippen molar-refractivity contribution in [2.24, 2.45) is 0 Å². The summed E-state index contributed by atoms with van der Waals surface area (Å²) in [5.41, 5.74) is 13.0. The molecule has 5 aromatic carbocycles. The van der Waals surface area contributed by atoms with E-state index in [0.717, 1.165) is 50.2 Å². The van der Waals surface area contributed by atoms with Gasteiger partial charge in [-0.3, -0.25) is 8.80 Å². The number of aromatic nitrogens is 5. The van der Waals surface area contributed by atoms with Gasteiger partial charge in [0.15, 0.2) is 0 Å². The molecule has 0 amide bonds. The number of hydrogen-bond donors (Lipinski definition) is 0. The minimum absolute atomic E-state index is 0.0527. The zero-order valence-corrected chi connectivity index (χ0v) is 20.9. The third-order valence-corrected chi connectivity index (χ3v) is 8.96. The molecule has 0 unspecified atom stereocenters. The molecule has 38 heavy (non-hydrogen) atoms. The molecule has 0 spiro atoms. The number of fused-ring (bicyclic) bond motifs is 15. The maximum atomic E-state index is 5.39. The van der Waals surface area contributed by atoms with Crippen molar-refractivity contribution in [3.05, 3.63) is 102 Å². The summed E-state index contributed by atoms with van der Waals surface area (Å²) in [7, 11) is 0. The third-order valence-electron chi connectivity index (χ3n) is 8.96. The van der Waals surface area contributed by atoms with Crippen molar-refractivity contribution in [1.29, 1.82) is 0 Å². The molecule has 0 bridgehead atoms. The summed E-state index contributed by atoms with van der Waals surface area (Å²) < 4.78 is 6.88. The first kappa shape index (κ1) is 19.2. The number of rotatable bonds is 0. The monoisotopic (exact) mass is 487 g/mol. The first-order valence-corrected chi connectivity index (χ1v) is 13.1. The van der Waals surface area contributed by atoms with Gasteiger partial charge in [-0.1, -0.05) is 74.5 Å². The molecule has 4 heterocycles. The van der Waals surface area contributed by atoms with Gasteiger partial charge in [-0.2, -0.15) is 0 Å². The van der Waals surface area contributed by atoms with E-state index in [-0.39, 0.29) is 5.41 Å². The molecule has 0 fully saturated rings. The van der Waals surface area contributed by atoms with Gasteiger partial charge in [0.1, 0.15) is 5.52 Å². The zero-order chi connectivity index (χ0) is 24.9. The number of nitrogens with zero attached hydrogens (tertiary/aromatic N) is 5. The van der Waals surface area contributed by atoms with Crippen molar-refractivity contribution in [1.82, 2.24) is 23.2 Å². The zero-order valence-electron chi connectivity index (χ0n) is 20.9. The fraction of sp³-hybridized carbons (Fsp3) is 0.0909. The van der Waals surface area contributed by atoms with Gasteiger partial charge in [0.2, 0.25) is 11.6 Å². The Hall–Kier alpha value is -4.90. The summed E-state index contributed by atoms with van der Waals surface area (Å²) in [4.78, 5) is 10.6. The fourth-order valence-electron chi connectivity index (χ4n) is 7.24. The molecular weight excluding hydrogens is 466 g/mol. The summed E-state index contributed by atoms with van der Waals surface area (Å²) in [5.74, 6) is 1.82. The highest BCUT2D eigenvalue weighted by atomic mass is 15.3. The van der Waals surface area contributed by atoms with Gasteiger partial charge >= 0.3 is 0 Å². The summed E-state index contributed by atoms with van der Waals surface area (Å²) >= 11 is 0. The van der Waals surface area contributed by atoms with E-state index < -0.39 is 0 Å². The predicted molar refractivity (Wildman–Crippen MR) is 154 cm³/mol. The van der Waals surface area contributed by atoms with Crippen molar-refractivity contribution in [3.63, 3.8) is 0 Å². The van der Waals surface area contributed by atoms with Gasteiger partial charge in [0, 0.05) is 11.0 Å². The first-order valence-electron chi connectivity index (χ1n) is 13.1. The molecule has 1 aliphatic carbocycles. The van der Waals surface area contributed by atoms with Crippen LogP contribution in [0.4, 0.5) is 0 Å². The van der Waals surface area contributed by atoms with Gasteiger partial charge in [-0.15, -0.1) is 0 Å². The van der Waals surface area contributed by atoms with E-state index in [1.165, 1.54) is 33.0 Å². The maximum Gasteiger partial charge on any atom is 0.223 e. The van der Waals surface area contributed by atoms with E-state index in [1.54, 1.807) is 0 Å². The average molecular weight is 488 g/mol. The van der Waals surface area contributed by atoms with Gasteiger partial charge in [-0.05, 0) is 57.8 Å². The molecule has 9 aromatic rings. The van der Waals surface area contributed by atoms with Gasteiger partial charge in [0.25, 0.3) is 0 Å². The molecule has 0 saturated carbocycles. The molecule has 5 nitrogen and oxygen atoms in total. The molecule has 10 rings (SSSR count). The lowest BCUT2D eigenvalue weighted by Crippen LogP contribution is -2.14. The molecular formula is C33H21N5. The second-order valence-corrected chi connectivity index (χ2v) is 11.2. The first-order chi connectivity index (χ1) is 18.6. The number of benzene rings is 5. The van der Waals surface area contributed by atoms with Crippen LogP contribution < -0.4 is 0 Å². The number of imidazole rings is 4. The van der Waals surface area contributed by atoms with Gasteiger partial charge in [-0.25, -0.2) is 14.4 Å². The molecule has 4 aromatic heterocycles. The molecule has 178 valence electrons. The largest absolute Gasteiger partial charge is 0.276 e. The number of para-hydroxylation sites is 1. The van der Waals surface area contributed by atoms with Crippen LogP contribution in [0.15, 0.2) is 91.0 Å². The normalized spacial score (nSPS) is 14.8. The lowest BCUT2D eigenvalue weighted by atomic mass is 9.82. The van der Waals surface area contributed by atoms with Crippen molar-refractivity contribution < 1.29 is 0 Å². The lowest BCUT2D eigenvalue weighted by molar-refractivity contribution is 0.661. The van der Waals surface area contributed by atoms with Gasteiger partial charge < -0.3 is 0 Å². The average Bonchev–Trinajstić information content (AvgIpc) is 3.69. The summed E-state index contributed by atoms with van der Waals surface area (Å²) in [6.45, 7) is 4.64. The van der Waals surface area contributed by atoms with E-state index in [2.05, 4.69) is 118 Å². The Kier molecular flexibility index (Phi) is 3.02. The molecule has 0 N–H and O–H groups in total. The van der Waals surface area contributed by atoms with Crippen LogP contribution in [0.1, 0.15) is 25.0 Å². The second kappa shape index (κ2) is 5.97. The second-order valence-electron chi connectivity index (χ2n) is 11.2. The summed E-state index contributed by atoms with van der Waals surface area (Å²) in [6.07, 6.45) is 0. The van der Waals surface area contributed by atoms with Crippen molar-refractivity contribution in [2.45, 2.75) is 19.3 Å². The molecule has 0 saturated heterocycles. The van der Waals surface area contributed by atoms with Crippen molar-refractivity contribution in [3.8, 4) is 11.1 Å². The minimum Gasteiger partial charge on any atom is -0.276 e. The summed E-state index contributed by atoms with van der Waals surface area (Å²) in [6, 6.07) is 32.9. The molecule has 0 radical (unpaired) electrons. The molecule has 1 aliphatic rings. The van der Waals surface area contributed by atoms with Crippen LogP contribution in [0.3, 0.4) is 0 Å². The standard InChI is InChI=1S/C33H21N5/c1-33(2)21-11-6-5-10-20(21)28-22(33)14-15-24-29(28)35-32-36(24)25-12-7-13-26-30(25)38(32)31-34-23-16-18-8-3-4-9-19(18)17-27(23)37(26)31/h3-17H,1-2H3. The van der Waals surface area contributed by atoms with Crippen LogP contribution >= 0.6 is 0 Å². The van der Waals surface area contributed by atoms with Crippen LogP contribution in [0.2, 0.25) is 0 Å². The Morgan fingerprint density at radius 1 is 0.579 bits per heavy atom. The Bertz CT molecular complexity index is 2480. The Balaban J connectivity index is 1.42. The molecule has 0 atom stereocenters. The lowest BCUT2D eigenvalue weighted by Gasteiger charge is -2.21. The van der Waals surface area contributed by atoms with Gasteiger partial charge in [0.05, 0.1) is 33.1 Å². The van der Waals surface area contributed by atoms with E-state index in [9.17, 15) is 0 Å². The quantitative estimate of drug-likeness (QED) is 0.221. The predicted octanol–water partition coefficient (Wildman–Crippen LogP) is 7.59. The maximum absolute atomic E-state index is 5.39. The van der Waals surface area contributed by atoms with E-state index in [4.69, 9.17) is 9.97 Å². The smallest absolute Gasteiger partial charge is 0.223 e. The highest BCUT2D eigenvalue weighted by molar-refractivity contribution is 6.08. The minimum atomic E-state index is -0.0527.